The summed E-state index contributed by atoms with van der Waals surface area (Å²) in [4.78, 5) is 21.3. The first-order valence-corrected chi connectivity index (χ1v) is 9.62. The van der Waals surface area contributed by atoms with E-state index < -0.39 is 0 Å². The molecule has 0 radical (unpaired) electrons. The second kappa shape index (κ2) is 8.94. The minimum atomic E-state index is -0.229. The molecule has 0 N–H and O–H groups in total. The van der Waals surface area contributed by atoms with Gasteiger partial charge >= 0.3 is 0 Å². The van der Waals surface area contributed by atoms with Crippen LogP contribution in [0.25, 0.3) is 0 Å². The van der Waals surface area contributed by atoms with Crippen LogP contribution in [0.15, 0.2) is 42.6 Å². The summed E-state index contributed by atoms with van der Waals surface area (Å²) in [5.74, 6) is 0.0898. The Balaban J connectivity index is 1.75. The minimum absolute atomic E-state index is 0.0497. The topological polar surface area (TPSA) is 60.2 Å². The molecule has 1 aliphatic heterocycles. The Labute approximate surface area is 165 Å². The second-order valence-corrected chi connectivity index (χ2v) is 7.56. The Morgan fingerprint density at radius 1 is 1.25 bits per heavy atom. The number of nitrogens with zero attached hydrogens (tertiary/aromatic N) is 4. The molecular formula is C22H25FN4O. The molecular weight excluding hydrogens is 355 g/mol. The van der Waals surface area contributed by atoms with Crippen LogP contribution in [0.3, 0.4) is 0 Å². The smallest absolute Gasteiger partial charge is 0.255 e. The number of hydrogen-bond acceptors (Lipinski definition) is 4. The zero-order chi connectivity index (χ0) is 20.1. The number of aromatic nitrogens is 1. The molecule has 0 unspecified atom stereocenters. The van der Waals surface area contributed by atoms with Crippen LogP contribution in [-0.2, 0) is 6.54 Å². The van der Waals surface area contributed by atoms with E-state index in [0.29, 0.717) is 30.3 Å². The summed E-state index contributed by atoms with van der Waals surface area (Å²) < 4.78 is 13.2. The van der Waals surface area contributed by atoms with Crippen molar-refractivity contribution in [3.05, 3.63) is 65.2 Å². The van der Waals surface area contributed by atoms with E-state index in [1.807, 2.05) is 23.1 Å². The maximum absolute atomic E-state index is 13.2. The SMILES string of the molecule is CC(C)[C@@H]1CN(C(=O)c2ccc(C#N)nc2)CCCN1Cc1ccc(F)cc1. The Hall–Kier alpha value is -2.78. The predicted octanol–water partition coefficient (Wildman–Crippen LogP) is 3.47. The van der Waals surface area contributed by atoms with Crippen LogP contribution in [0, 0.1) is 23.1 Å². The molecule has 146 valence electrons. The summed E-state index contributed by atoms with van der Waals surface area (Å²) in [5.41, 5.74) is 1.88. The van der Waals surface area contributed by atoms with Gasteiger partial charge in [0.1, 0.15) is 17.6 Å². The van der Waals surface area contributed by atoms with E-state index >= 15 is 0 Å². The summed E-state index contributed by atoms with van der Waals surface area (Å²) in [6.45, 7) is 7.28. The lowest BCUT2D eigenvalue weighted by atomic mass is 10.0. The molecule has 6 heteroatoms. The number of halogens is 1. The van der Waals surface area contributed by atoms with E-state index in [-0.39, 0.29) is 17.8 Å². The van der Waals surface area contributed by atoms with Crippen molar-refractivity contribution in [3.8, 4) is 6.07 Å². The van der Waals surface area contributed by atoms with E-state index in [2.05, 4.69) is 23.7 Å². The van der Waals surface area contributed by atoms with Crippen LogP contribution in [0.4, 0.5) is 4.39 Å². The second-order valence-electron chi connectivity index (χ2n) is 7.56. The third-order valence-electron chi connectivity index (χ3n) is 5.23. The van der Waals surface area contributed by atoms with E-state index in [0.717, 1.165) is 25.1 Å². The van der Waals surface area contributed by atoms with Crippen molar-refractivity contribution in [2.24, 2.45) is 5.92 Å². The van der Waals surface area contributed by atoms with Crippen molar-refractivity contribution >= 4 is 5.91 Å². The molecule has 5 nitrogen and oxygen atoms in total. The molecule has 1 aromatic heterocycles. The van der Waals surface area contributed by atoms with Crippen molar-refractivity contribution in [2.45, 2.75) is 32.9 Å². The van der Waals surface area contributed by atoms with Gasteiger partial charge in [-0.2, -0.15) is 5.26 Å². The van der Waals surface area contributed by atoms with Gasteiger partial charge in [-0.3, -0.25) is 9.69 Å². The summed E-state index contributed by atoms with van der Waals surface area (Å²) in [7, 11) is 0. The highest BCUT2D eigenvalue weighted by Crippen LogP contribution is 2.21. The molecule has 1 aliphatic rings. The summed E-state index contributed by atoms with van der Waals surface area (Å²) in [6.07, 6.45) is 2.35. The van der Waals surface area contributed by atoms with Crippen LogP contribution < -0.4 is 0 Å². The average molecular weight is 380 g/mol. The van der Waals surface area contributed by atoms with Crippen molar-refractivity contribution < 1.29 is 9.18 Å². The lowest BCUT2D eigenvalue weighted by Gasteiger charge is -2.34. The van der Waals surface area contributed by atoms with Crippen LogP contribution in [-0.4, -0.2) is 46.4 Å². The first-order valence-electron chi connectivity index (χ1n) is 9.62. The molecule has 2 aromatic rings. The number of benzene rings is 1. The fourth-order valence-electron chi connectivity index (χ4n) is 3.67. The number of rotatable bonds is 4. The van der Waals surface area contributed by atoms with Crippen molar-refractivity contribution in [1.82, 2.24) is 14.8 Å². The van der Waals surface area contributed by atoms with Gasteiger partial charge in [0.15, 0.2) is 0 Å². The molecule has 2 heterocycles. The van der Waals surface area contributed by atoms with Gasteiger partial charge in [-0.05, 0) is 42.2 Å². The molecule has 3 rings (SSSR count). The van der Waals surface area contributed by atoms with Gasteiger partial charge in [0, 0.05) is 38.4 Å². The summed E-state index contributed by atoms with van der Waals surface area (Å²) >= 11 is 0. The van der Waals surface area contributed by atoms with Gasteiger partial charge in [-0.15, -0.1) is 0 Å². The Kier molecular flexibility index (Phi) is 6.37. The Morgan fingerprint density at radius 2 is 2.00 bits per heavy atom. The van der Waals surface area contributed by atoms with E-state index in [4.69, 9.17) is 5.26 Å². The first kappa shape index (κ1) is 20.0. The number of carbonyl (C=O) groups is 1. The highest BCUT2D eigenvalue weighted by molar-refractivity contribution is 5.94. The fraction of sp³-hybridized carbons (Fsp3) is 0.409. The molecule has 1 aromatic carbocycles. The molecule has 0 saturated carbocycles. The number of nitriles is 1. The van der Waals surface area contributed by atoms with Crippen LogP contribution in [0.1, 0.15) is 41.9 Å². The molecule has 1 amide bonds. The standard InChI is InChI=1S/C22H25FN4O/c1-16(2)21-15-27(22(28)18-6-9-20(12-24)25-13-18)11-3-10-26(21)14-17-4-7-19(23)8-5-17/h4-9,13,16,21H,3,10-11,14-15H2,1-2H3/t21-/m0/s1. The molecule has 0 bridgehead atoms. The van der Waals surface area contributed by atoms with Crippen molar-refractivity contribution in [2.75, 3.05) is 19.6 Å². The van der Waals surface area contributed by atoms with E-state index in [1.54, 1.807) is 12.1 Å². The Bertz CT molecular complexity index is 842. The Morgan fingerprint density at radius 3 is 2.61 bits per heavy atom. The number of amides is 1. The van der Waals surface area contributed by atoms with Crippen LogP contribution in [0.2, 0.25) is 0 Å². The van der Waals surface area contributed by atoms with Crippen molar-refractivity contribution in [1.29, 1.82) is 5.26 Å². The maximum atomic E-state index is 13.2. The van der Waals surface area contributed by atoms with E-state index in [9.17, 15) is 9.18 Å². The zero-order valence-electron chi connectivity index (χ0n) is 16.3. The molecule has 0 aliphatic carbocycles. The van der Waals surface area contributed by atoms with Crippen LogP contribution in [0.5, 0.6) is 0 Å². The monoisotopic (exact) mass is 380 g/mol. The third kappa shape index (κ3) is 4.73. The number of carbonyl (C=O) groups excluding carboxylic acids is 1. The summed E-state index contributed by atoms with van der Waals surface area (Å²) in [5, 5.41) is 8.88. The maximum Gasteiger partial charge on any atom is 0.255 e. The van der Waals surface area contributed by atoms with Gasteiger partial charge < -0.3 is 4.90 Å². The minimum Gasteiger partial charge on any atom is -0.337 e. The first-order chi connectivity index (χ1) is 13.5. The van der Waals surface area contributed by atoms with Crippen LogP contribution >= 0.6 is 0 Å². The number of pyridine rings is 1. The highest BCUT2D eigenvalue weighted by atomic mass is 19.1. The van der Waals surface area contributed by atoms with Crippen molar-refractivity contribution in [3.63, 3.8) is 0 Å². The van der Waals surface area contributed by atoms with Gasteiger partial charge in [0.2, 0.25) is 0 Å². The molecule has 28 heavy (non-hydrogen) atoms. The van der Waals surface area contributed by atoms with Gasteiger partial charge in [0.05, 0.1) is 5.56 Å². The van der Waals surface area contributed by atoms with E-state index in [1.165, 1.54) is 18.3 Å². The molecule has 1 atom stereocenters. The lowest BCUT2D eigenvalue weighted by Crippen LogP contribution is -2.45. The fourth-order valence-corrected chi connectivity index (χ4v) is 3.67. The molecule has 0 spiro atoms. The average Bonchev–Trinajstić information content (AvgIpc) is 2.92. The normalized spacial score (nSPS) is 18.0. The van der Waals surface area contributed by atoms with Gasteiger partial charge in [-0.1, -0.05) is 26.0 Å². The number of hydrogen-bond donors (Lipinski definition) is 0. The highest BCUT2D eigenvalue weighted by Gasteiger charge is 2.30. The largest absolute Gasteiger partial charge is 0.337 e. The molecule has 1 fully saturated rings. The summed E-state index contributed by atoms with van der Waals surface area (Å²) in [6, 6.07) is 12.1. The molecule has 1 saturated heterocycles. The zero-order valence-corrected chi connectivity index (χ0v) is 16.3. The van der Waals surface area contributed by atoms with Gasteiger partial charge in [-0.25, -0.2) is 9.37 Å². The van der Waals surface area contributed by atoms with Gasteiger partial charge in [0.25, 0.3) is 5.91 Å². The predicted molar refractivity (Wildman–Crippen MR) is 105 cm³/mol. The third-order valence-corrected chi connectivity index (χ3v) is 5.23. The quantitative estimate of drug-likeness (QED) is 0.815. The lowest BCUT2D eigenvalue weighted by molar-refractivity contribution is 0.0702.